The molecule has 1 atom stereocenters. The third-order valence-electron chi connectivity index (χ3n) is 2.71. The Morgan fingerprint density at radius 3 is 3.20 bits per heavy atom. The van der Waals surface area contributed by atoms with Gasteiger partial charge in [-0.3, -0.25) is 9.58 Å². The Morgan fingerprint density at radius 1 is 1.67 bits per heavy atom. The summed E-state index contributed by atoms with van der Waals surface area (Å²) in [5.41, 5.74) is 0. The number of ether oxygens (including phenoxy) is 1. The van der Waals surface area contributed by atoms with Crippen molar-refractivity contribution >= 4 is 0 Å². The van der Waals surface area contributed by atoms with E-state index in [-0.39, 0.29) is 12.6 Å². The molecular formula is C9H16N4O2. The van der Waals surface area contributed by atoms with Crippen LogP contribution in [0.25, 0.3) is 0 Å². The number of nitrogens with zero attached hydrogens (tertiary/aromatic N) is 4. The predicted molar refractivity (Wildman–Crippen MR) is 53.1 cm³/mol. The van der Waals surface area contributed by atoms with Gasteiger partial charge in [0.1, 0.15) is 12.2 Å². The Hall–Kier alpha value is -0.980. The second kappa shape index (κ2) is 4.69. The van der Waals surface area contributed by atoms with Crippen LogP contribution in [0.2, 0.25) is 0 Å². The zero-order valence-corrected chi connectivity index (χ0v) is 8.83. The molecule has 84 valence electrons. The van der Waals surface area contributed by atoms with Gasteiger partial charge in [0.05, 0.1) is 32.4 Å². The molecule has 0 radical (unpaired) electrons. The molecule has 0 amide bonds. The molecule has 1 aromatic rings. The molecule has 0 spiro atoms. The number of hydrogen-bond donors (Lipinski definition) is 1. The molecule has 15 heavy (non-hydrogen) atoms. The summed E-state index contributed by atoms with van der Waals surface area (Å²) in [6, 6.07) is 0.0791. The summed E-state index contributed by atoms with van der Waals surface area (Å²) in [5.74, 6) is 0.912. The topological polar surface area (TPSA) is 63.4 Å². The van der Waals surface area contributed by atoms with Gasteiger partial charge in [0, 0.05) is 13.6 Å². The Bertz CT molecular complexity index is 315. The summed E-state index contributed by atoms with van der Waals surface area (Å²) in [4.78, 5) is 6.34. The first kappa shape index (κ1) is 10.5. The monoisotopic (exact) mass is 212 g/mol. The van der Waals surface area contributed by atoms with Crippen LogP contribution in [0.5, 0.6) is 0 Å². The van der Waals surface area contributed by atoms with Crippen molar-refractivity contribution in [1.29, 1.82) is 0 Å². The number of hydrogen-bond acceptors (Lipinski definition) is 5. The van der Waals surface area contributed by atoms with E-state index in [9.17, 15) is 5.11 Å². The fraction of sp³-hybridized carbons (Fsp3) is 0.778. The van der Waals surface area contributed by atoms with Gasteiger partial charge in [0.25, 0.3) is 0 Å². The minimum Gasteiger partial charge on any atom is -0.395 e. The van der Waals surface area contributed by atoms with Crippen LogP contribution in [0.4, 0.5) is 0 Å². The normalized spacial score (nSPS) is 23.2. The van der Waals surface area contributed by atoms with E-state index in [1.165, 1.54) is 0 Å². The van der Waals surface area contributed by atoms with E-state index in [1.807, 2.05) is 7.05 Å². The van der Waals surface area contributed by atoms with Crippen LogP contribution in [0.1, 0.15) is 5.82 Å². The highest BCUT2D eigenvalue weighted by Crippen LogP contribution is 2.09. The maximum Gasteiger partial charge on any atom is 0.140 e. The number of aryl methyl sites for hydroxylation is 1. The highest BCUT2D eigenvalue weighted by atomic mass is 16.5. The van der Waals surface area contributed by atoms with Gasteiger partial charge < -0.3 is 9.84 Å². The van der Waals surface area contributed by atoms with Crippen LogP contribution in [-0.4, -0.2) is 57.2 Å². The summed E-state index contributed by atoms with van der Waals surface area (Å²) >= 11 is 0. The van der Waals surface area contributed by atoms with Gasteiger partial charge >= 0.3 is 0 Å². The first-order valence-corrected chi connectivity index (χ1v) is 5.07. The number of aromatic nitrogens is 3. The van der Waals surface area contributed by atoms with Gasteiger partial charge in [-0.15, -0.1) is 0 Å². The molecule has 0 saturated carbocycles. The molecule has 1 aromatic heterocycles. The zero-order chi connectivity index (χ0) is 10.7. The SMILES string of the molecule is Cn1ncnc1CN1CCOCC1CO. The number of aliphatic hydroxyl groups excluding tert-OH is 1. The minimum atomic E-state index is 0.0791. The van der Waals surface area contributed by atoms with E-state index in [2.05, 4.69) is 15.0 Å². The van der Waals surface area contributed by atoms with E-state index in [4.69, 9.17) is 4.74 Å². The molecule has 1 aliphatic heterocycles. The Kier molecular flexibility index (Phi) is 3.30. The van der Waals surface area contributed by atoms with E-state index in [1.54, 1.807) is 11.0 Å². The fourth-order valence-electron chi connectivity index (χ4n) is 1.71. The highest BCUT2D eigenvalue weighted by molar-refractivity contribution is 4.86. The third-order valence-corrected chi connectivity index (χ3v) is 2.71. The molecule has 2 heterocycles. The zero-order valence-electron chi connectivity index (χ0n) is 8.83. The van der Waals surface area contributed by atoms with Gasteiger partial charge in [0.2, 0.25) is 0 Å². The van der Waals surface area contributed by atoms with E-state index >= 15 is 0 Å². The smallest absolute Gasteiger partial charge is 0.140 e. The number of rotatable bonds is 3. The summed E-state index contributed by atoms with van der Waals surface area (Å²) < 4.78 is 7.06. The lowest BCUT2D eigenvalue weighted by Gasteiger charge is -2.33. The van der Waals surface area contributed by atoms with Crippen LogP contribution < -0.4 is 0 Å². The molecule has 0 bridgehead atoms. The third kappa shape index (κ3) is 2.34. The summed E-state index contributed by atoms with van der Waals surface area (Å²) in [6.45, 7) is 2.98. The van der Waals surface area contributed by atoms with Crippen molar-refractivity contribution in [1.82, 2.24) is 19.7 Å². The molecular weight excluding hydrogens is 196 g/mol. The van der Waals surface area contributed by atoms with E-state index in [0.717, 1.165) is 12.4 Å². The highest BCUT2D eigenvalue weighted by Gasteiger charge is 2.23. The number of morpholine rings is 1. The quantitative estimate of drug-likeness (QED) is 0.697. The Balaban J connectivity index is 2.00. The molecule has 0 aliphatic carbocycles. The molecule has 6 nitrogen and oxygen atoms in total. The molecule has 1 fully saturated rings. The molecule has 6 heteroatoms. The van der Waals surface area contributed by atoms with Crippen molar-refractivity contribution in [3.05, 3.63) is 12.2 Å². The van der Waals surface area contributed by atoms with Crippen molar-refractivity contribution < 1.29 is 9.84 Å². The fourth-order valence-corrected chi connectivity index (χ4v) is 1.71. The molecule has 1 unspecified atom stereocenters. The van der Waals surface area contributed by atoms with Crippen LogP contribution in [-0.2, 0) is 18.3 Å². The summed E-state index contributed by atoms with van der Waals surface area (Å²) in [5, 5.41) is 13.2. The van der Waals surface area contributed by atoms with E-state index in [0.29, 0.717) is 19.8 Å². The molecule has 1 aliphatic rings. The van der Waals surface area contributed by atoms with Crippen molar-refractivity contribution in [3.63, 3.8) is 0 Å². The Labute approximate surface area is 88.5 Å². The van der Waals surface area contributed by atoms with Crippen molar-refractivity contribution in [2.75, 3.05) is 26.4 Å². The van der Waals surface area contributed by atoms with Crippen molar-refractivity contribution in [2.45, 2.75) is 12.6 Å². The maximum atomic E-state index is 9.19. The molecule has 2 rings (SSSR count). The standard InChI is InChI=1S/C9H16N4O2/c1-12-9(10-7-11-12)4-13-2-3-15-6-8(13)5-14/h7-8,14H,2-6H2,1H3. The lowest BCUT2D eigenvalue weighted by atomic mass is 10.2. The van der Waals surface area contributed by atoms with Gasteiger partial charge in [-0.25, -0.2) is 4.98 Å². The molecule has 1 N–H and O–H groups in total. The van der Waals surface area contributed by atoms with Gasteiger partial charge in [-0.05, 0) is 0 Å². The van der Waals surface area contributed by atoms with Gasteiger partial charge in [0.15, 0.2) is 0 Å². The average Bonchev–Trinajstić information content (AvgIpc) is 2.65. The first-order valence-electron chi connectivity index (χ1n) is 5.07. The summed E-state index contributed by atoms with van der Waals surface area (Å²) in [6.07, 6.45) is 1.55. The first-order chi connectivity index (χ1) is 7.31. The van der Waals surface area contributed by atoms with Crippen LogP contribution in [0.15, 0.2) is 6.33 Å². The second-order valence-corrected chi connectivity index (χ2v) is 3.68. The predicted octanol–water partition coefficient (Wildman–Crippen LogP) is -0.992. The maximum absolute atomic E-state index is 9.19. The van der Waals surface area contributed by atoms with Crippen LogP contribution in [0, 0.1) is 0 Å². The second-order valence-electron chi connectivity index (χ2n) is 3.68. The molecule has 0 aromatic carbocycles. The van der Waals surface area contributed by atoms with Crippen LogP contribution >= 0.6 is 0 Å². The van der Waals surface area contributed by atoms with Gasteiger partial charge in [-0.2, -0.15) is 5.10 Å². The number of aliphatic hydroxyl groups is 1. The Morgan fingerprint density at radius 2 is 2.53 bits per heavy atom. The van der Waals surface area contributed by atoms with E-state index < -0.39 is 0 Å². The molecule has 1 saturated heterocycles. The lowest BCUT2D eigenvalue weighted by Crippen LogP contribution is -2.47. The largest absolute Gasteiger partial charge is 0.395 e. The van der Waals surface area contributed by atoms with Crippen molar-refractivity contribution in [3.8, 4) is 0 Å². The lowest BCUT2D eigenvalue weighted by molar-refractivity contribution is -0.0326. The van der Waals surface area contributed by atoms with Crippen LogP contribution in [0.3, 0.4) is 0 Å². The summed E-state index contributed by atoms with van der Waals surface area (Å²) in [7, 11) is 1.87. The van der Waals surface area contributed by atoms with Crippen molar-refractivity contribution in [2.24, 2.45) is 7.05 Å². The van der Waals surface area contributed by atoms with Gasteiger partial charge in [-0.1, -0.05) is 0 Å². The minimum absolute atomic E-state index is 0.0791. The average molecular weight is 212 g/mol.